The van der Waals surface area contributed by atoms with Crippen LogP contribution in [0, 0.1) is 12.8 Å². The molecule has 1 aromatic carbocycles. The maximum atomic E-state index is 12.4. The normalized spacial score (nSPS) is 14.1. The number of aromatic amines is 1. The molecule has 1 saturated carbocycles. The Hall–Kier alpha value is -2.98. The minimum Gasteiger partial charge on any atom is -0.380 e. The summed E-state index contributed by atoms with van der Waals surface area (Å²) in [6, 6.07) is 6.74. The van der Waals surface area contributed by atoms with Gasteiger partial charge in [0, 0.05) is 25.3 Å². The number of pyridine rings is 1. The predicted octanol–water partition coefficient (Wildman–Crippen LogP) is 2.91. The van der Waals surface area contributed by atoms with Crippen molar-refractivity contribution in [2.75, 3.05) is 24.0 Å². The lowest BCUT2D eigenvalue weighted by Gasteiger charge is -2.14. The largest absolute Gasteiger partial charge is 0.380 e. The first-order chi connectivity index (χ1) is 14.2. The van der Waals surface area contributed by atoms with Gasteiger partial charge in [0.2, 0.25) is 5.91 Å². The highest BCUT2D eigenvalue weighted by atomic mass is 32.2. The Morgan fingerprint density at radius 3 is 2.67 bits per heavy atom. The topological polar surface area (TPSA) is 126 Å². The molecule has 0 spiro atoms. The number of rotatable bonds is 7. The number of carbonyl (C=O) groups excluding carboxylic acids is 1. The van der Waals surface area contributed by atoms with Crippen molar-refractivity contribution in [1.29, 1.82) is 0 Å². The number of benzene rings is 1. The molecule has 10 heteroatoms. The number of imidazole rings is 1. The number of nitrogens with one attached hydrogen (secondary N) is 3. The predicted molar refractivity (Wildman–Crippen MR) is 114 cm³/mol. The van der Waals surface area contributed by atoms with E-state index in [4.69, 9.17) is 4.74 Å². The van der Waals surface area contributed by atoms with Gasteiger partial charge in [-0.1, -0.05) is 6.07 Å². The molecule has 1 fully saturated rings. The van der Waals surface area contributed by atoms with Crippen LogP contribution in [0.15, 0.2) is 29.2 Å². The molecule has 0 bridgehead atoms. The van der Waals surface area contributed by atoms with Gasteiger partial charge in [0.1, 0.15) is 17.2 Å². The quantitative estimate of drug-likeness (QED) is 0.527. The van der Waals surface area contributed by atoms with Crippen LogP contribution in [0.25, 0.3) is 11.2 Å². The van der Waals surface area contributed by atoms with Gasteiger partial charge < -0.3 is 20.4 Å². The van der Waals surface area contributed by atoms with Gasteiger partial charge in [0.05, 0.1) is 22.9 Å². The lowest BCUT2D eigenvalue weighted by molar-refractivity contribution is -0.117. The summed E-state index contributed by atoms with van der Waals surface area (Å²) in [6.07, 6.45) is 2.92. The molecule has 1 aliphatic carbocycles. The Labute approximate surface area is 174 Å². The van der Waals surface area contributed by atoms with Crippen LogP contribution in [-0.2, 0) is 26.0 Å². The molecule has 0 radical (unpaired) electrons. The van der Waals surface area contributed by atoms with E-state index in [0.717, 1.165) is 24.7 Å². The Kier molecular flexibility index (Phi) is 5.20. The van der Waals surface area contributed by atoms with E-state index >= 15 is 0 Å². The number of fused-ring (bicyclic) bond motifs is 1. The summed E-state index contributed by atoms with van der Waals surface area (Å²) in [6.45, 7) is 2.10. The fraction of sp³-hybridized carbons (Fsp3) is 0.350. The van der Waals surface area contributed by atoms with Crippen LogP contribution in [0.4, 0.5) is 17.2 Å². The Morgan fingerprint density at radius 1 is 1.23 bits per heavy atom. The highest BCUT2D eigenvalue weighted by molar-refractivity contribution is 7.90. The standard InChI is InChI=1S/C20H23N5O4S/c1-11-21-18-15(9-17(24-19(18)22-11)25-20(26)13-5-6-13)23-14-7-4-12(10-29-2)8-16(14)30(3,27)28/h4,7-9,13H,5-6,10H2,1-3H3,(H3,21,22,23,24,25,26). The highest BCUT2D eigenvalue weighted by Gasteiger charge is 2.30. The van der Waals surface area contributed by atoms with Gasteiger partial charge in [-0.3, -0.25) is 4.79 Å². The number of sulfone groups is 1. The van der Waals surface area contributed by atoms with Crippen LogP contribution in [0.5, 0.6) is 0 Å². The highest BCUT2D eigenvalue weighted by Crippen LogP contribution is 2.33. The molecular formula is C20H23N5O4S. The van der Waals surface area contributed by atoms with Crippen LogP contribution >= 0.6 is 0 Å². The van der Waals surface area contributed by atoms with Gasteiger partial charge in [-0.25, -0.2) is 18.4 Å². The van der Waals surface area contributed by atoms with Crippen molar-refractivity contribution in [3.8, 4) is 0 Å². The van der Waals surface area contributed by atoms with Gasteiger partial charge in [0.25, 0.3) is 0 Å². The van der Waals surface area contributed by atoms with E-state index in [1.54, 1.807) is 38.3 Å². The number of amides is 1. The smallest absolute Gasteiger partial charge is 0.228 e. The average molecular weight is 430 g/mol. The van der Waals surface area contributed by atoms with Crippen LogP contribution in [0.3, 0.4) is 0 Å². The van der Waals surface area contributed by atoms with Gasteiger partial charge in [0.15, 0.2) is 15.5 Å². The SMILES string of the molecule is COCc1ccc(Nc2cc(NC(=O)C3CC3)nc3[nH]c(C)nc23)c(S(C)(=O)=O)c1. The zero-order chi connectivity index (χ0) is 21.5. The molecule has 0 atom stereocenters. The van der Waals surface area contributed by atoms with E-state index in [0.29, 0.717) is 40.8 Å². The molecule has 2 heterocycles. The summed E-state index contributed by atoms with van der Waals surface area (Å²) in [5, 5.41) is 6.00. The Morgan fingerprint density at radius 2 is 2.00 bits per heavy atom. The molecule has 4 rings (SSSR count). The number of carbonyl (C=O) groups is 1. The molecule has 3 N–H and O–H groups in total. The number of methoxy groups -OCH3 is 1. The van der Waals surface area contributed by atoms with E-state index in [1.165, 1.54) is 0 Å². The van der Waals surface area contributed by atoms with Gasteiger partial charge in [-0.05, 0) is 37.5 Å². The maximum Gasteiger partial charge on any atom is 0.228 e. The summed E-state index contributed by atoms with van der Waals surface area (Å²) in [4.78, 5) is 24.3. The van der Waals surface area contributed by atoms with Gasteiger partial charge in [-0.15, -0.1) is 0 Å². The second-order valence-corrected chi connectivity index (χ2v) is 9.48. The van der Waals surface area contributed by atoms with Crippen LogP contribution in [0.2, 0.25) is 0 Å². The summed E-state index contributed by atoms with van der Waals surface area (Å²) < 4.78 is 29.9. The number of ether oxygens (including phenoxy) is 1. The maximum absolute atomic E-state index is 12.4. The summed E-state index contributed by atoms with van der Waals surface area (Å²) in [5.74, 6) is 1.00. The molecule has 9 nitrogen and oxygen atoms in total. The molecule has 158 valence electrons. The van der Waals surface area contributed by atoms with Crippen LogP contribution < -0.4 is 10.6 Å². The molecule has 0 aliphatic heterocycles. The number of nitrogens with zero attached hydrogens (tertiary/aromatic N) is 2. The van der Waals surface area contributed by atoms with Crippen molar-refractivity contribution < 1.29 is 17.9 Å². The van der Waals surface area contributed by atoms with Crippen molar-refractivity contribution in [1.82, 2.24) is 15.0 Å². The summed E-state index contributed by atoms with van der Waals surface area (Å²) in [5.41, 5.74) is 2.75. The molecule has 2 aromatic heterocycles. The van der Waals surface area contributed by atoms with E-state index in [2.05, 4.69) is 25.6 Å². The Balaban J connectivity index is 1.76. The van der Waals surface area contributed by atoms with Crippen LogP contribution in [0.1, 0.15) is 24.2 Å². The summed E-state index contributed by atoms with van der Waals surface area (Å²) in [7, 11) is -1.95. The average Bonchev–Trinajstić information content (AvgIpc) is 3.44. The summed E-state index contributed by atoms with van der Waals surface area (Å²) >= 11 is 0. The molecule has 1 amide bonds. The fourth-order valence-corrected chi connectivity index (χ4v) is 4.10. The zero-order valence-electron chi connectivity index (χ0n) is 16.9. The Bertz CT molecular complexity index is 1230. The van der Waals surface area contributed by atoms with E-state index in [9.17, 15) is 13.2 Å². The number of aromatic nitrogens is 3. The molecule has 1 aliphatic rings. The van der Waals surface area contributed by atoms with Gasteiger partial charge in [-0.2, -0.15) is 0 Å². The van der Waals surface area contributed by atoms with E-state index in [1.807, 2.05) is 0 Å². The van der Waals surface area contributed by atoms with Gasteiger partial charge >= 0.3 is 0 Å². The van der Waals surface area contributed by atoms with Crippen LogP contribution in [-0.4, -0.2) is 42.6 Å². The van der Waals surface area contributed by atoms with E-state index < -0.39 is 9.84 Å². The number of anilines is 3. The van der Waals surface area contributed by atoms with Crippen molar-refractivity contribution >= 4 is 44.1 Å². The van der Waals surface area contributed by atoms with Crippen molar-refractivity contribution in [3.05, 3.63) is 35.7 Å². The first-order valence-corrected chi connectivity index (χ1v) is 11.4. The second kappa shape index (κ2) is 7.69. The zero-order valence-corrected chi connectivity index (χ0v) is 17.8. The second-order valence-electron chi connectivity index (χ2n) is 7.50. The third-order valence-corrected chi connectivity index (χ3v) is 5.93. The van der Waals surface area contributed by atoms with Crippen molar-refractivity contribution in [2.45, 2.75) is 31.3 Å². The lowest BCUT2D eigenvalue weighted by atomic mass is 10.2. The number of hydrogen-bond acceptors (Lipinski definition) is 7. The molecular weight excluding hydrogens is 406 g/mol. The first kappa shape index (κ1) is 20.3. The number of hydrogen-bond donors (Lipinski definition) is 3. The third kappa shape index (κ3) is 4.29. The molecule has 0 unspecified atom stereocenters. The number of aryl methyl sites for hydroxylation is 1. The van der Waals surface area contributed by atoms with Crippen molar-refractivity contribution in [3.63, 3.8) is 0 Å². The van der Waals surface area contributed by atoms with Crippen molar-refractivity contribution in [2.24, 2.45) is 5.92 Å². The van der Waals surface area contributed by atoms with E-state index in [-0.39, 0.29) is 16.7 Å². The molecule has 30 heavy (non-hydrogen) atoms. The first-order valence-electron chi connectivity index (χ1n) is 9.52. The fourth-order valence-electron chi connectivity index (χ4n) is 3.22. The third-order valence-electron chi connectivity index (χ3n) is 4.80. The minimum atomic E-state index is -3.51. The molecule has 3 aromatic rings. The number of H-pyrrole nitrogens is 1. The lowest BCUT2D eigenvalue weighted by Crippen LogP contribution is -2.14. The monoisotopic (exact) mass is 429 g/mol. The minimum absolute atomic E-state index is 0.0348. The molecule has 0 saturated heterocycles.